The summed E-state index contributed by atoms with van der Waals surface area (Å²) in [5.74, 6) is 0.773. The zero-order chi connectivity index (χ0) is 19.0. The summed E-state index contributed by atoms with van der Waals surface area (Å²) in [6.45, 7) is 7.55. The molecular weight excluding hydrogens is 497 g/mol. The molecule has 27 heavy (non-hydrogen) atoms. The molecule has 0 saturated carbocycles. The molecule has 0 radical (unpaired) electrons. The minimum absolute atomic E-state index is 0. The van der Waals surface area contributed by atoms with E-state index in [1.54, 1.807) is 20.2 Å². The van der Waals surface area contributed by atoms with Gasteiger partial charge in [-0.25, -0.2) is 17.7 Å². The molecular formula is C17H32IN5O2S2. The maximum absolute atomic E-state index is 12.1. The van der Waals surface area contributed by atoms with Gasteiger partial charge in [0.05, 0.1) is 6.54 Å². The third kappa shape index (κ3) is 7.84. The monoisotopic (exact) mass is 529 g/mol. The Balaban J connectivity index is 0.00000364. The number of sulfonamides is 1. The van der Waals surface area contributed by atoms with Crippen molar-refractivity contribution in [2.45, 2.75) is 36.9 Å². The second-order valence-electron chi connectivity index (χ2n) is 6.53. The summed E-state index contributed by atoms with van der Waals surface area (Å²) in [6.07, 6.45) is 3.94. The van der Waals surface area contributed by atoms with Crippen molar-refractivity contribution in [3.8, 4) is 0 Å². The maximum Gasteiger partial charge on any atom is 0.252 e. The summed E-state index contributed by atoms with van der Waals surface area (Å²) in [6, 6.07) is 3.49. The van der Waals surface area contributed by atoms with Crippen molar-refractivity contribution in [2.75, 3.05) is 46.8 Å². The number of likely N-dealkylation sites (tertiary alicyclic amines) is 1. The molecule has 0 atom stereocenters. The zero-order valence-corrected chi connectivity index (χ0v) is 20.4. The molecule has 1 aromatic rings. The highest BCUT2D eigenvalue weighted by atomic mass is 127. The third-order valence-electron chi connectivity index (χ3n) is 4.28. The number of rotatable bonds is 8. The van der Waals surface area contributed by atoms with Gasteiger partial charge in [-0.15, -0.1) is 35.3 Å². The number of aliphatic imine (C=N–C) groups is 1. The van der Waals surface area contributed by atoms with Gasteiger partial charge in [0, 0.05) is 38.6 Å². The highest BCUT2D eigenvalue weighted by Gasteiger charge is 2.19. The van der Waals surface area contributed by atoms with Gasteiger partial charge in [0.15, 0.2) is 5.96 Å². The predicted octanol–water partition coefficient (Wildman–Crippen LogP) is 2.16. The van der Waals surface area contributed by atoms with E-state index in [-0.39, 0.29) is 24.0 Å². The fourth-order valence-corrected chi connectivity index (χ4v) is 5.23. The van der Waals surface area contributed by atoms with Crippen LogP contribution >= 0.6 is 35.3 Å². The van der Waals surface area contributed by atoms with Crippen LogP contribution in [0, 0.1) is 0 Å². The van der Waals surface area contributed by atoms with Crippen molar-refractivity contribution >= 4 is 51.3 Å². The smallest absolute Gasteiger partial charge is 0.252 e. The Labute approximate surface area is 184 Å². The zero-order valence-electron chi connectivity index (χ0n) is 16.4. The summed E-state index contributed by atoms with van der Waals surface area (Å²) in [5, 5.41) is 6.61. The Bertz CT molecular complexity index is 685. The van der Waals surface area contributed by atoms with Crippen molar-refractivity contribution in [1.82, 2.24) is 19.8 Å². The van der Waals surface area contributed by atoms with Crippen LogP contribution in [0.3, 0.4) is 0 Å². The van der Waals surface area contributed by atoms with Crippen LogP contribution in [0.15, 0.2) is 21.3 Å². The van der Waals surface area contributed by atoms with Crippen molar-refractivity contribution in [1.29, 1.82) is 0 Å². The maximum atomic E-state index is 12.1. The van der Waals surface area contributed by atoms with E-state index < -0.39 is 10.0 Å². The number of nitrogens with zero attached hydrogens (tertiary/aromatic N) is 3. The summed E-state index contributed by atoms with van der Waals surface area (Å²) in [4.78, 5) is 8.00. The molecule has 1 saturated heterocycles. The van der Waals surface area contributed by atoms with Gasteiger partial charge in [0.1, 0.15) is 4.21 Å². The van der Waals surface area contributed by atoms with E-state index in [1.807, 2.05) is 13.0 Å². The predicted molar refractivity (Wildman–Crippen MR) is 124 cm³/mol. The molecule has 0 aliphatic carbocycles. The Kier molecular flexibility index (Phi) is 11.1. The van der Waals surface area contributed by atoms with Crippen molar-refractivity contribution < 1.29 is 8.42 Å². The van der Waals surface area contributed by atoms with Crippen LogP contribution < -0.4 is 10.6 Å². The molecule has 1 aromatic heterocycles. The number of hydrogen-bond acceptors (Lipinski definition) is 5. The highest BCUT2D eigenvalue weighted by molar-refractivity contribution is 14.0. The number of halogens is 1. The summed E-state index contributed by atoms with van der Waals surface area (Å²) in [5.41, 5.74) is 0. The van der Waals surface area contributed by atoms with Crippen LogP contribution in [0.2, 0.25) is 0 Å². The first-order valence-corrected chi connectivity index (χ1v) is 11.4. The lowest BCUT2D eigenvalue weighted by Crippen LogP contribution is -2.42. The van der Waals surface area contributed by atoms with Gasteiger partial charge < -0.3 is 15.5 Å². The first-order valence-electron chi connectivity index (χ1n) is 9.19. The summed E-state index contributed by atoms with van der Waals surface area (Å²) < 4.78 is 25.9. The van der Waals surface area contributed by atoms with Gasteiger partial charge in [-0.2, -0.15) is 0 Å². The molecule has 1 aliphatic rings. The van der Waals surface area contributed by atoms with E-state index in [0.29, 0.717) is 10.8 Å². The van der Waals surface area contributed by atoms with Crippen LogP contribution in [0.5, 0.6) is 0 Å². The molecule has 7 nitrogen and oxygen atoms in total. The molecule has 0 aromatic carbocycles. The molecule has 2 N–H and O–H groups in total. The SMILES string of the molecule is CCNC(=NCc1ccc(S(=O)(=O)N(C)C)s1)NCCN1CCCCC1.I. The van der Waals surface area contributed by atoms with Crippen LogP contribution in [-0.2, 0) is 16.6 Å². The van der Waals surface area contributed by atoms with Gasteiger partial charge in [-0.05, 0) is 45.0 Å². The minimum Gasteiger partial charge on any atom is -0.357 e. The molecule has 1 fully saturated rings. The van der Waals surface area contributed by atoms with E-state index in [0.717, 1.165) is 30.5 Å². The van der Waals surface area contributed by atoms with Crippen LogP contribution in [0.25, 0.3) is 0 Å². The Morgan fingerprint density at radius 2 is 1.93 bits per heavy atom. The Morgan fingerprint density at radius 3 is 2.56 bits per heavy atom. The number of hydrogen-bond donors (Lipinski definition) is 2. The van der Waals surface area contributed by atoms with Gasteiger partial charge in [-0.1, -0.05) is 6.42 Å². The number of guanidine groups is 1. The van der Waals surface area contributed by atoms with E-state index >= 15 is 0 Å². The van der Waals surface area contributed by atoms with Crippen molar-refractivity contribution in [3.63, 3.8) is 0 Å². The normalized spacial score (nSPS) is 16.2. The van der Waals surface area contributed by atoms with Gasteiger partial charge in [0.2, 0.25) is 0 Å². The van der Waals surface area contributed by atoms with E-state index in [1.165, 1.54) is 48.0 Å². The lowest BCUT2D eigenvalue weighted by atomic mass is 10.1. The molecule has 156 valence electrons. The molecule has 1 aliphatic heterocycles. The van der Waals surface area contributed by atoms with Crippen LogP contribution in [0.1, 0.15) is 31.1 Å². The summed E-state index contributed by atoms with van der Waals surface area (Å²) in [7, 11) is -0.277. The van der Waals surface area contributed by atoms with E-state index in [4.69, 9.17) is 0 Å². The molecule has 0 amide bonds. The Hall–Kier alpha value is -0.430. The van der Waals surface area contributed by atoms with Crippen molar-refractivity contribution in [2.24, 2.45) is 4.99 Å². The largest absolute Gasteiger partial charge is 0.357 e. The first kappa shape index (κ1) is 24.6. The fourth-order valence-electron chi connectivity index (χ4n) is 2.78. The third-order valence-corrected chi connectivity index (χ3v) is 7.63. The Morgan fingerprint density at radius 1 is 1.22 bits per heavy atom. The summed E-state index contributed by atoms with van der Waals surface area (Å²) >= 11 is 1.27. The molecule has 0 unspecified atom stereocenters. The van der Waals surface area contributed by atoms with Gasteiger partial charge in [0.25, 0.3) is 10.0 Å². The lowest BCUT2D eigenvalue weighted by Gasteiger charge is -2.26. The average Bonchev–Trinajstić information content (AvgIpc) is 3.10. The molecule has 10 heteroatoms. The van der Waals surface area contributed by atoms with Crippen LogP contribution in [0.4, 0.5) is 0 Å². The molecule has 2 heterocycles. The molecule has 2 rings (SSSR count). The second-order valence-corrected chi connectivity index (χ2v) is 10.1. The quantitative estimate of drug-likeness (QED) is 0.307. The highest BCUT2D eigenvalue weighted by Crippen LogP contribution is 2.24. The minimum atomic E-state index is -3.36. The van der Waals surface area contributed by atoms with Crippen LogP contribution in [-0.4, -0.2) is 70.4 Å². The first-order chi connectivity index (χ1) is 12.4. The van der Waals surface area contributed by atoms with Gasteiger partial charge >= 0.3 is 0 Å². The van der Waals surface area contributed by atoms with E-state index in [9.17, 15) is 8.42 Å². The van der Waals surface area contributed by atoms with Crippen molar-refractivity contribution in [3.05, 3.63) is 17.0 Å². The number of piperidine rings is 1. The number of thiophene rings is 1. The van der Waals surface area contributed by atoms with Gasteiger partial charge in [-0.3, -0.25) is 0 Å². The molecule has 0 spiro atoms. The average molecular weight is 530 g/mol. The van der Waals surface area contributed by atoms with E-state index in [2.05, 4.69) is 20.5 Å². The molecule has 0 bridgehead atoms. The topological polar surface area (TPSA) is 77.0 Å². The lowest BCUT2D eigenvalue weighted by molar-refractivity contribution is 0.232. The fraction of sp³-hybridized carbons (Fsp3) is 0.706. The second kappa shape index (κ2) is 12.2. The number of nitrogens with one attached hydrogen (secondary N) is 2. The standard InChI is InChI=1S/C17H31N5O2S2.HI/c1-4-18-17(19-10-13-22-11-6-5-7-12-22)20-14-15-8-9-16(25-15)26(23,24)21(2)3;/h8-9H,4-7,10-14H2,1-3H3,(H2,18,19,20);1H.